The second kappa shape index (κ2) is 5.67. The third kappa shape index (κ3) is 2.62. The van der Waals surface area contributed by atoms with E-state index in [4.69, 9.17) is 21.1 Å². The van der Waals surface area contributed by atoms with Crippen LogP contribution < -0.4 is 9.47 Å². The van der Waals surface area contributed by atoms with Crippen molar-refractivity contribution in [3.63, 3.8) is 0 Å². The highest BCUT2D eigenvalue weighted by molar-refractivity contribution is 6.32. The van der Waals surface area contributed by atoms with Crippen molar-refractivity contribution in [3.05, 3.63) is 22.2 Å². The van der Waals surface area contributed by atoms with Crippen LogP contribution >= 0.6 is 11.6 Å². The Balaban J connectivity index is 2.50. The molecule has 0 saturated carbocycles. The Morgan fingerprint density at radius 3 is 2.84 bits per heavy atom. The molecule has 1 aliphatic rings. The molecule has 0 saturated heterocycles. The number of carbonyl (C=O) groups is 1. The molecule has 0 aromatic heterocycles. The smallest absolute Gasteiger partial charge is 0.339 e. The van der Waals surface area contributed by atoms with Gasteiger partial charge in [-0.05, 0) is 6.92 Å². The summed E-state index contributed by atoms with van der Waals surface area (Å²) in [4.78, 5) is 11.4. The maximum Gasteiger partial charge on any atom is 0.339 e. The molecule has 0 bridgehead atoms. The van der Waals surface area contributed by atoms with Gasteiger partial charge < -0.3 is 19.3 Å². The van der Waals surface area contributed by atoms with E-state index in [1.165, 1.54) is 7.11 Å². The van der Waals surface area contributed by atoms with Crippen LogP contribution in [0.25, 0.3) is 0 Å². The van der Waals surface area contributed by atoms with Crippen LogP contribution in [0.4, 0.5) is 0 Å². The van der Waals surface area contributed by atoms with Gasteiger partial charge >= 0.3 is 5.97 Å². The Kier molecular flexibility index (Phi) is 4.17. The molecule has 0 aliphatic carbocycles. The first-order valence-electron chi connectivity index (χ1n) is 5.90. The third-order valence-corrected chi connectivity index (χ3v) is 3.29. The summed E-state index contributed by atoms with van der Waals surface area (Å²) in [5.41, 5.74) is 0.875. The second-order valence-electron chi connectivity index (χ2n) is 4.20. The van der Waals surface area contributed by atoms with Gasteiger partial charge in [0.1, 0.15) is 0 Å². The zero-order valence-electron chi connectivity index (χ0n) is 10.7. The van der Waals surface area contributed by atoms with Crippen molar-refractivity contribution >= 4 is 17.6 Å². The molecule has 0 amide bonds. The van der Waals surface area contributed by atoms with E-state index in [-0.39, 0.29) is 10.6 Å². The molecule has 6 heteroatoms. The topological polar surface area (TPSA) is 65.0 Å². The summed E-state index contributed by atoms with van der Waals surface area (Å²) in [6.07, 6.45) is -0.671. The zero-order valence-corrected chi connectivity index (χ0v) is 11.5. The van der Waals surface area contributed by atoms with E-state index in [0.717, 1.165) is 6.42 Å². The van der Waals surface area contributed by atoms with Crippen molar-refractivity contribution in [3.8, 4) is 11.5 Å². The average Bonchev–Trinajstić information content (AvgIpc) is 2.62. The van der Waals surface area contributed by atoms with Gasteiger partial charge in [-0.15, -0.1) is 0 Å². The maximum atomic E-state index is 11.4. The monoisotopic (exact) mass is 286 g/mol. The second-order valence-corrected chi connectivity index (χ2v) is 4.61. The predicted octanol–water partition coefficient (Wildman–Crippen LogP) is 2.02. The summed E-state index contributed by atoms with van der Waals surface area (Å²) in [5, 5.41) is 10.2. The van der Waals surface area contributed by atoms with Crippen LogP contribution in [0.5, 0.6) is 11.5 Å². The lowest BCUT2D eigenvalue weighted by Crippen LogP contribution is -2.15. The van der Waals surface area contributed by atoms with E-state index in [9.17, 15) is 9.90 Å². The van der Waals surface area contributed by atoms with Gasteiger partial charge in [-0.2, -0.15) is 0 Å². The molecule has 1 aliphatic heterocycles. The molecule has 5 nitrogen and oxygen atoms in total. The Hall–Kier alpha value is -1.46. The molecular weight excluding hydrogens is 272 g/mol. The highest BCUT2D eigenvalue weighted by Crippen LogP contribution is 2.41. The molecule has 19 heavy (non-hydrogen) atoms. The molecule has 1 atom stereocenters. The molecule has 1 aromatic rings. The minimum Gasteiger partial charge on any atom is -0.489 e. The first kappa shape index (κ1) is 14.0. The number of aliphatic hydroxyl groups is 1. The van der Waals surface area contributed by atoms with Gasteiger partial charge in [-0.3, -0.25) is 0 Å². The van der Waals surface area contributed by atoms with Crippen molar-refractivity contribution in [2.75, 3.05) is 20.3 Å². The largest absolute Gasteiger partial charge is 0.489 e. The van der Waals surface area contributed by atoms with Gasteiger partial charge in [0.2, 0.25) is 0 Å². The SMILES string of the molecule is COC(=O)C(O)c1c(Cl)cc2c(c1C)OCCCO2. The van der Waals surface area contributed by atoms with Crippen LogP contribution in [-0.2, 0) is 9.53 Å². The van der Waals surface area contributed by atoms with Crippen molar-refractivity contribution in [2.45, 2.75) is 19.4 Å². The summed E-state index contributed by atoms with van der Waals surface area (Å²) >= 11 is 6.11. The minimum atomic E-state index is -1.44. The summed E-state index contributed by atoms with van der Waals surface area (Å²) in [6, 6.07) is 1.55. The quantitative estimate of drug-likeness (QED) is 0.843. The highest BCUT2D eigenvalue weighted by atomic mass is 35.5. The summed E-state index contributed by atoms with van der Waals surface area (Å²) in [7, 11) is 1.21. The number of halogens is 1. The maximum absolute atomic E-state index is 11.4. The van der Waals surface area contributed by atoms with Gasteiger partial charge in [-0.1, -0.05) is 11.6 Å². The van der Waals surface area contributed by atoms with Crippen LogP contribution in [0, 0.1) is 6.92 Å². The first-order chi connectivity index (χ1) is 9.06. The molecule has 0 radical (unpaired) electrons. The zero-order chi connectivity index (χ0) is 14.0. The van der Waals surface area contributed by atoms with Crippen LogP contribution in [-0.4, -0.2) is 31.4 Å². The fourth-order valence-electron chi connectivity index (χ4n) is 2.01. The third-order valence-electron chi connectivity index (χ3n) is 2.97. The summed E-state index contributed by atoms with van der Waals surface area (Å²) in [5.74, 6) is 0.278. The van der Waals surface area contributed by atoms with Crippen LogP contribution in [0.15, 0.2) is 6.07 Å². The number of benzene rings is 1. The molecule has 0 fully saturated rings. The van der Waals surface area contributed by atoms with E-state index in [0.29, 0.717) is 30.3 Å². The molecule has 1 unspecified atom stereocenters. The van der Waals surface area contributed by atoms with Crippen LogP contribution in [0.3, 0.4) is 0 Å². The van der Waals surface area contributed by atoms with Crippen LogP contribution in [0.1, 0.15) is 23.7 Å². The highest BCUT2D eigenvalue weighted by Gasteiger charge is 2.27. The predicted molar refractivity (Wildman–Crippen MR) is 68.8 cm³/mol. The Morgan fingerprint density at radius 1 is 1.47 bits per heavy atom. The van der Waals surface area contributed by atoms with Crippen molar-refractivity contribution in [2.24, 2.45) is 0 Å². The van der Waals surface area contributed by atoms with E-state index >= 15 is 0 Å². The number of fused-ring (bicyclic) bond motifs is 1. The molecule has 1 heterocycles. The Morgan fingerprint density at radius 2 is 2.16 bits per heavy atom. The fourth-order valence-corrected chi connectivity index (χ4v) is 2.36. The summed E-state index contributed by atoms with van der Waals surface area (Å²) < 4.78 is 15.6. The van der Waals surface area contributed by atoms with Crippen molar-refractivity contribution in [1.29, 1.82) is 0 Å². The first-order valence-corrected chi connectivity index (χ1v) is 6.28. The molecular formula is C13H15ClO5. The number of hydrogen-bond donors (Lipinski definition) is 1. The number of hydrogen-bond acceptors (Lipinski definition) is 5. The van der Waals surface area contributed by atoms with E-state index < -0.39 is 12.1 Å². The van der Waals surface area contributed by atoms with Gasteiger partial charge in [0, 0.05) is 23.6 Å². The molecule has 2 rings (SSSR count). The molecule has 1 N–H and O–H groups in total. The van der Waals surface area contributed by atoms with Crippen molar-refractivity contribution < 1.29 is 24.1 Å². The normalized spacial score (nSPS) is 15.6. The summed E-state index contributed by atoms with van der Waals surface area (Å²) in [6.45, 7) is 2.78. The number of rotatable bonds is 2. The number of carbonyl (C=O) groups excluding carboxylic acids is 1. The van der Waals surface area contributed by atoms with Crippen LogP contribution in [0.2, 0.25) is 5.02 Å². The standard InChI is InChI=1S/C13H15ClO5/c1-7-10(11(15)13(16)17-2)8(14)6-9-12(7)19-5-3-4-18-9/h6,11,15H,3-5H2,1-2H3. The fraction of sp³-hybridized carbons (Fsp3) is 0.462. The Labute approximate surface area is 116 Å². The number of methoxy groups -OCH3 is 1. The number of ether oxygens (including phenoxy) is 3. The van der Waals surface area contributed by atoms with Gasteiger partial charge in [-0.25, -0.2) is 4.79 Å². The van der Waals surface area contributed by atoms with Gasteiger partial charge in [0.05, 0.1) is 25.3 Å². The average molecular weight is 287 g/mol. The minimum absolute atomic E-state index is 0.250. The lowest BCUT2D eigenvalue weighted by molar-refractivity contribution is -0.150. The van der Waals surface area contributed by atoms with E-state index in [1.807, 2.05) is 0 Å². The van der Waals surface area contributed by atoms with Gasteiger partial charge in [0.25, 0.3) is 0 Å². The molecule has 0 spiro atoms. The molecule has 104 valence electrons. The van der Waals surface area contributed by atoms with Crippen molar-refractivity contribution in [1.82, 2.24) is 0 Å². The number of esters is 1. The van der Waals surface area contributed by atoms with E-state index in [1.54, 1.807) is 13.0 Å². The van der Waals surface area contributed by atoms with Gasteiger partial charge in [0.15, 0.2) is 17.6 Å². The lowest BCUT2D eigenvalue weighted by Gasteiger charge is -2.18. The number of aliphatic hydroxyl groups excluding tert-OH is 1. The Bertz CT molecular complexity index is 500. The van der Waals surface area contributed by atoms with E-state index in [2.05, 4.69) is 4.74 Å². The molecule has 1 aromatic carbocycles. The lowest BCUT2D eigenvalue weighted by atomic mass is 10.0.